The monoisotopic (exact) mass is 384 g/mol. The predicted octanol–water partition coefficient (Wildman–Crippen LogP) is 3.03. The Morgan fingerprint density at radius 3 is 1.86 bits per heavy atom. The van der Waals surface area contributed by atoms with Gasteiger partial charge in [-0.05, 0) is 18.1 Å². The molecule has 28 heavy (non-hydrogen) atoms. The third kappa shape index (κ3) is 6.48. The summed E-state index contributed by atoms with van der Waals surface area (Å²) in [5.41, 5.74) is 2.11. The minimum atomic E-state index is -0.717. The van der Waals surface area contributed by atoms with E-state index in [0.717, 1.165) is 16.2 Å². The molecule has 1 atom stereocenters. The molecule has 0 fully saturated rings. The second kappa shape index (κ2) is 11.2. The zero-order chi connectivity index (χ0) is 20.4. The second-order valence-corrected chi connectivity index (χ2v) is 6.42. The molecule has 6 nitrogen and oxygen atoms in total. The Balaban J connectivity index is 2.31. The lowest BCUT2D eigenvalue weighted by Gasteiger charge is -2.30. The molecule has 0 aliphatic rings. The number of benzene rings is 2. The number of nitrogens with zero attached hydrogens (tertiary/aromatic N) is 2. The zero-order valence-electron chi connectivity index (χ0n) is 16.7. The summed E-state index contributed by atoms with van der Waals surface area (Å²) in [7, 11) is 2.95. The van der Waals surface area contributed by atoms with Crippen LogP contribution < -0.4 is 0 Å². The average Bonchev–Trinajstić information content (AvgIpc) is 2.72. The molecular formula is C22H28N2O4. The summed E-state index contributed by atoms with van der Waals surface area (Å²) < 4.78 is 5.28. The van der Waals surface area contributed by atoms with Gasteiger partial charge in [-0.3, -0.25) is 19.3 Å². The van der Waals surface area contributed by atoms with Crippen molar-refractivity contribution in [3.8, 4) is 0 Å². The molecule has 0 radical (unpaired) electrons. The van der Waals surface area contributed by atoms with Crippen LogP contribution in [0.5, 0.6) is 0 Å². The molecule has 0 aromatic heterocycles. The van der Waals surface area contributed by atoms with Gasteiger partial charge in [0.25, 0.3) is 0 Å². The molecule has 0 spiro atoms. The number of hydrogen-bond acceptors (Lipinski definition) is 5. The summed E-state index contributed by atoms with van der Waals surface area (Å²) in [6.07, 6.45) is -0.0250. The fourth-order valence-corrected chi connectivity index (χ4v) is 2.91. The standard InChI is InChI=1S/C22H28N2O4/c1-4-28-22(26)20(15-21(25)23(2)27-3)24(16-18-11-7-5-8-12-18)17-19-13-9-6-10-14-19/h5-14,20H,4,15-17H2,1-3H3/t20-/m1/s1. The number of carbonyl (C=O) groups is 2. The molecular weight excluding hydrogens is 356 g/mol. The first-order valence-electron chi connectivity index (χ1n) is 9.34. The molecule has 1 amide bonds. The summed E-state index contributed by atoms with van der Waals surface area (Å²) >= 11 is 0. The Morgan fingerprint density at radius 2 is 1.43 bits per heavy atom. The fourth-order valence-electron chi connectivity index (χ4n) is 2.91. The molecule has 2 aromatic carbocycles. The van der Waals surface area contributed by atoms with Crippen LogP contribution in [0.15, 0.2) is 60.7 Å². The average molecular weight is 384 g/mol. The molecule has 150 valence electrons. The second-order valence-electron chi connectivity index (χ2n) is 6.42. The maximum absolute atomic E-state index is 12.7. The summed E-state index contributed by atoms with van der Waals surface area (Å²) in [6, 6.07) is 19.0. The first kappa shape index (κ1) is 21.6. The molecule has 0 N–H and O–H groups in total. The van der Waals surface area contributed by atoms with Gasteiger partial charge in [-0.1, -0.05) is 60.7 Å². The largest absolute Gasteiger partial charge is 0.465 e. The van der Waals surface area contributed by atoms with Gasteiger partial charge in [0.05, 0.1) is 20.1 Å². The van der Waals surface area contributed by atoms with Gasteiger partial charge in [0.15, 0.2) is 0 Å². The van der Waals surface area contributed by atoms with E-state index in [2.05, 4.69) is 0 Å². The van der Waals surface area contributed by atoms with E-state index in [0.29, 0.717) is 13.1 Å². The number of hydroxylamine groups is 2. The van der Waals surface area contributed by atoms with Crippen molar-refractivity contribution in [1.82, 2.24) is 9.96 Å². The summed E-state index contributed by atoms with van der Waals surface area (Å²) in [5, 5.41) is 1.13. The van der Waals surface area contributed by atoms with E-state index in [9.17, 15) is 9.59 Å². The van der Waals surface area contributed by atoms with Crippen LogP contribution in [0, 0.1) is 0 Å². The van der Waals surface area contributed by atoms with Crippen molar-refractivity contribution in [2.45, 2.75) is 32.5 Å². The van der Waals surface area contributed by atoms with Crippen LogP contribution in [0.1, 0.15) is 24.5 Å². The van der Waals surface area contributed by atoms with Gasteiger partial charge in [0.1, 0.15) is 6.04 Å². The molecule has 0 bridgehead atoms. The van der Waals surface area contributed by atoms with Crippen LogP contribution in [-0.2, 0) is 32.3 Å². The third-order valence-electron chi connectivity index (χ3n) is 4.45. The van der Waals surface area contributed by atoms with Crippen LogP contribution in [0.25, 0.3) is 0 Å². The first-order valence-corrected chi connectivity index (χ1v) is 9.34. The lowest BCUT2D eigenvalue weighted by molar-refractivity contribution is -0.173. The van der Waals surface area contributed by atoms with Gasteiger partial charge in [-0.2, -0.15) is 0 Å². The number of hydrogen-bond donors (Lipinski definition) is 0. The SMILES string of the molecule is CCOC(=O)[C@@H](CC(=O)N(C)OC)N(Cc1ccccc1)Cc1ccccc1. The lowest BCUT2D eigenvalue weighted by atomic mass is 10.1. The van der Waals surface area contributed by atoms with Crippen LogP contribution >= 0.6 is 0 Å². The molecule has 0 aliphatic heterocycles. The quantitative estimate of drug-likeness (QED) is 0.465. The molecule has 0 saturated carbocycles. The van der Waals surface area contributed by atoms with Crippen LogP contribution in [0.2, 0.25) is 0 Å². The van der Waals surface area contributed by atoms with Crippen molar-refractivity contribution < 1.29 is 19.2 Å². The number of esters is 1. The van der Waals surface area contributed by atoms with E-state index < -0.39 is 12.0 Å². The van der Waals surface area contributed by atoms with Crippen molar-refractivity contribution in [1.29, 1.82) is 0 Å². The van der Waals surface area contributed by atoms with Crippen molar-refractivity contribution in [3.63, 3.8) is 0 Å². The highest BCUT2D eigenvalue weighted by Crippen LogP contribution is 2.18. The molecule has 2 rings (SSSR count). The van der Waals surface area contributed by atoms with Crippen molar-refractivity contribution in [2.75, 3.05) is 20.8 Å². The molecule has 0 heterocycles. The van der Waals surface area contributed by atoms with Crippen molar-refractivity contribution >= 4 is 11.9 Å². The maximum atomic E-state index is 12.7. The summed E-state index contributed by atoms with van der Waals surface area (Å²) in [5.74, 6) is -0.695. The molecule has 0 saturated heterocycles. The number of rotatable bonds is 10. The topological polar surface area (TPSA) is 59.1 Å². The van der Waals surface area contributed by atoms with Crippen molar-refractivity contribution in [3.05, 3.63) is 71.8 Å². The van der Waals surface area contributed by atoms with Gasteiger partial charge in [-0.15, -0.1) is 0 Å². The molecule has 0 aliphatic carbocycles. The number of carbonyl (C=O) groups excluding carboxylic acids is 2. The van der Waals surface area contributed by atoms with Gasteiger partial charge in [0, 0.05) is 20.1 Å². The summed E-state index contributed by atoms with van der Waals surface area (Å²) in [4.78, 5) is 32.2. The first-order chi connectivity index (χ1) is 13.5. The van der Waals surface area contributed by atoms with E-state index >= 15 is 0 Å². The van der Waals surface area contributed by atoms with Crippen LogP contribution in [0.4, 0.5) is 0 Å². The fraction of sp³-hybridized carbons (Fsp3) is 0.364. The molecule has 2 aromatic rings. The van der Waals surface area contributed by atoms with E-state index in [1.807, 2.05) is 65.6 Å². The molecule has 0 unspecified atom stereocenters. The van der Waals surface area contributed by atoms with E-state index in [-0.39, 0.29) is 18.9 Å². The Bertz CT molecular complexity index is 695. The van der Waals surface area contributed by atoms with E-state index in [1.165, 1.54) is 14.2 Å². The minimum absolute atomic E-state index is 0.0250. The Kier molecular flexibility index (Phi) is 8.65. The van der Waals surface area contributed by atoms with Crippen LogP contribution in [0.3, 0.4) is 0 Å². The zero-order valence-corrected chi connectivity index (χ0v) is 16.7. The number of ether oxygens (including phenoxy) is 1. The van der Waals surface area contributed by atoms with E-state index in [1.54, 1.807) is 6.92 Å². The summed E-state index contributed by atoms with van der Waals surface area (Å²) in [6.45, 7) is 3.05. The Morgan fingerprint density at radius 1 is 0.929 bits per heavy atom. The lowest BCUT2D eigenvalue weighted by Crippen LogP contribution is -2.45. The Labute approximate surface area is 166 Å². The normalized spacial score (nSPS) is 11.9. The smallest absolute Gasteiger partial charge is 0.323 e. The highest BCUT2D eigenvalue weighted by Gasteiger charge is 2.31. The predicted molar refractivity (Wildman–Crippen MR) is 107 cm³/mol. The van der Waals surface area contributed by atoms with Gasteiger partial charge < -0.3 is 4.74 Å². The number of amides is 1. The highest BCUT2D eigenvalue weighted by atomic mass is 16.7. The third-order valence-corrected chi connectivity index (χ3v) is 4.45. The maximum Gasteiger partial charge on any atom is 0.323 e. The van der Waals surface area contributed by atoms with Gasteiger partial charge >= 0.3 is 5.97 Å². The van der Waals surface area contributed by atoms with Gasteiger partial charge in [-0.25, -0.2) is 5.06 Å². The molecule has 6 heteroatoms. The van der Waals surface area contributed by atoms with Crippen molar-refractivity contribution in [2.24, 2.45) is 0 Å². The highest BCUT2D eigenvalue weighted by molar-refractivity contribution is 5.84. The van der Waals surface area contributed by atoms with E-state index in [4.69, 9.17) is 9.57 Å². The Hall–Kier alpha value is -2.70. The van der Waals surface area contributed by atoms with Gasteiger partial charge in [0.2, 0.25) is 5.91 Å². The van der Waals surface area contributed by atoms with Crippen LogP contribution in [-0.4, -0.2) is 48.6 Å². The minimum Gasteiger partial charge on any atom is -0.465 e.